The molecule has 0 spiro atoms. The van der Waals surface area contributed by atoms with Crippen molar-refractivity contribution in [3.63, 3.8) is 0 Å². The number of Topliss-reactive ketones (excluding diaryl/α,β-unsaturated/α-hetero) is 1. The molecule has 0 amide bonds. The normalized spacial score (nSPS) is 11.8. The summed E-state index contributed by atoms with van der Waals surface area (Å²) in [5.74, 6) is -0.796. The van der Waals surface area contributed by atoms with E-state index >= 15 is 0 Å². The Morgan fingerprint density at radius 2 is 1.64 bits per heavy atom. The highest BCUT2D eigenvalue weighted by Crippen LogP contribution is 2.13. The van der Waals surface area contributed by atoms with E-state index in [0.29, 0.717) is 16.8 Å². The van der Waals surface area contributed by atoms with Crippen molar-refractivity contribution in [1.82, 2.24) is 20.2 Å². The smallest absolute Gasteiger partial charge is 0.338 e. The fourth-order valence-electron chi connectivity index (χ4n) is 2.26. The average Bonchev–Trinajstić information content (AvgIpc) is 3.16. The second kappa shape index (κ2) is 7.04. The molecule has 0 N–H and O–H groups in total. The molecule has 0 aliphatic carbocycles. The fraction of sp³-hybridized carbons (Fsp3) is 0.167. The first-order valence-electron chi connectivity index (χ1n) is 7.70. The molecule has 1 heterocycles. The zero-order valence-electron chi connectivity index (χ0n) is 13.8. The van der Waals surface area contributed by atoms with Crippen LogP contribution in [0.25, 0.3) is 5.69 Å². The summed E-state index contributed by atoms with van der Waals surface area (Å²) < 4.78 is 6.75. The van der Waals surface area contributed by atoms with Crippen molar-refractivity contribution >= 4 is 11.8 Å². The van der Waals surface area contributed by atoms with E-state index in [-0.39, 0.29) is 5.78 Å². The third-order valence-electron chi connectivity index (χ3n) is 3.71. The van der Waals surface area contributed by atoms with E-state index in [1.165, 1.54) is 11.0 Å². The Labute approximate surface area is 144 Å². The molecule has 0 bridgehead atoms. The van der Waals surface area contributed by atoms with Gasteiger partial charge in [-0.05, 0) is 48.5 Å². The molecule has 126 valence electrons. The number of nitrogens with zero attached hydrogens (tertiary/aromatic N) is 4. The van der Waals surface area contributed by atoms with E-state index in [0.717, 1.165) is 5.56 Å². The summed E-state index contributed by atoms with van der Waals surface area (Å²) >= 11 is 0. The van der Waals surface area contributed by atoms with Crippen molar-refractivity contribution in [2.24, 2.45) is 0 Å². The number of rotatable bonds is 5. The predicted molar refractivity (Wildman–Crippen MR) is 89.5 cm³/mol. The summed E-state index contributed by atoms with van der Waals surface area (Å²) in [5.41, 5.74) is 2.63. The maximum absolute atomic E-state index is 12.3. The molecule has 1 atom stereocenters. The Morgan fingerprint density at radius 3 is 2.24 bits per heavy atom. The lowest BCUT2D eigenvalue weighted by Gasteiger charge is -2.12. The lowest BCUT2D eigenvalue weighted by molar-refractivity contribution is 0.0319. The Bertz CT molecular complexity index is 872. The maximum atomic E-state index is 12.3. The van der Waals surface area contributed by atoms with Gasteiger partial charge in [0, 0.05) is 5.56 Å². The van der Waals surface area contributed by atoms with Gasteiger partial charge >= 0.3 is 5.97 Å². The van der Waals surface area contributed by atoms with Crippen LogP contribution in [-0.4, -0.2) is 38.1 Å². The minimum absolute atomic E-state index is 0.237. The highest BCUT2D eigenvalue weighted by molar-refractivity contribution is 6.01. The average molecular weight is 336 g/mol. The molecule has 7 heteroatoms. The molecule has 0 aliphatic rings. The third-order valence-corrected chi connectivity index (χ3v) is 3.71. The molecule has 0 saturated heterocycles. The van der Waals surface area contributed by atoms with Crippen LogP contribution in [0, 0.1) is 6.92 Å². The van der Waals surface area contributed by atoms with Gasteiger partial charge in [-0.15, -0.1) is 5.10 Å². The Kier molecular flexibility index (Phi) is 4.65. The molecule has 0 radical (unpaired) electrons. The van der Waals surface area contributed by atoms with Gasteiger partial charge in [0.15, 0.2) is 6.10 Å². The number of ether oxygens (including phenoxy) is 1. The van der Waals surface area contributed by atoms with Crippen LogP contribution in [0.3, 0.4) is 0 Å². The number of hydrogen-bond acceptors (Lipinski definition) is 6. The van der Waals surface area contributed by atoms with Crippen LogP contribution >= 0.6 is 0 Å². The van der Waals surface area contributed by atoms with Gasteiger partial charge in [-0.2, -0.15) is 0 Å². The van der Waals surface area contributed by atoms with E-state index < -0.39 is 12.1 Å². The van der Waals surface area contributed by atoms with Crippen molar-refractivity contribution in [2.75, 3.05) is 0 Å². The van der Waals surface area contributed by atoms with Crippen molar-refractivity contribution in [1.29, 1.82) is 0 Å². The standard InChI is InChI=1S/C18H16N4O3/c1-12-3-5-14(6-4-12)17(23)13(2)25-18(24)15-7-9-16(10-8-15)22-11-19-20-21-22/h3-11,13H,1-2H3/t13-/m0/s1. The van der Waals surface area contributed by atoms with Crippen LogP contribution in [0.2, 0.25) is 0 Å². The van der Waals surface area contributed by atoms with Crippen LogP contribution in [0.4, 0.5) is 0 Å². The van der Waals surface area contributed by atoms with Crippen LogP contribution < -0.4 is 0 Å². The molecule has 3 rings (SSSR count). The van der Waals surface area contributed by atoms with E-state index in [4.69, 9.17) is 4.74 Å². The number of carbonyl (C=O) groups is 2. The zero-order valence-corrected chi connectivity index (χ0v) is 13.8. The predicted octanol–water partition coefficient (Wildman–Crippen LogP) is 2.40. The Balaban J connectivity index is 1.67. The zero-order chi connectivity index (χ0) is 17.8. The van der Waals surface area contributed by atoms with Crippen molar-refractivity contribution in [3.05, 3.63) is 71.5 Å². The quantitative estimate of drug-likeness (QED) is 0.525. The minimum atomic E-state index is -0.866. The second-order valence-corrected chi connectivity index (χ2v) is 5.58. The molecule has 7 nitrogen and oxygen atoms in total. The SMILES string of the molecule is Cc1ccc(C(=O)[C@H](C)OC(=O)c2ccc(-n3cnnn3)cc2)cc1. The molecule has 25 heavy (non-hydrogen) atoms. The highest BCUT2D eigenvalue weighted by Gasteiger charge is 2.20. The molecule has 0 saturated carbocycles. The van der Waals surface area contributed by atoms with Gasteiger partial charge < -0.3 is 4.74 Å². The van der Waals surface area contributed by atoms with Crippen molar-refractivity contribution in [2.45, 2.75) is 20.0 Å². The van der Waals surface area contributed by atoms with Gasteiger partial charge in [0.2, 0.25) is 5.78 Å². The number of carbonyl (C=O) groups excluding carboxylic acids is 2. The Morgan fingerprint density at radius 1 is 1.00 bits per heavy atom. The maximum Gasteiger partial charge on any atom is 0.338 e. The Hall–Kier alpha value is -3.35. The van der Waals surface area contributed by atoms with Gasteiger partial charge in [0.1, 0.15) is 6.33 Å². The van der Waals surface area contributed by atoms with Gasteiger partial charge in [0.25, 0.3) is 0 Å². The molecule has 0 unspecified atom stereocenters. The van der Waals surface area contributed by atoms with Crippen LogP contribution in [0.15, 0.2) is 54.9 Å². The summed E-state index contributed by atoms with van der Waals surface area (Å²) in [7, 11) is 0. The topological polar surface area (TPSA) is 87.0 Å². The summed E-state index contributed by atoms with van der Waals surface area (Å²) in [5, 5.41) is 10.9. The monoisotopic (exact) mass is 336 g/mol. The van der Waals surface area contributed by atoms with Gasteiger partial charge in [0.05, 0.1) is 11.3 Å². The van der Waals surface area contributed by atoms with Gasteiger partial charge in [-0.25, -0.2) is 9.48 Å². The number of esters is 1. The third kappa shape index (κ3) is 3.77. The largest absolute Gasteiger partial charge is 0.451 e. The van der Waals surface area contributed by atoms with Crippen molar-refractivity contribution in [3.8, 4) is 5.69 Å². The van der Waals surface area contributed by atoms with E-state index in [2.05, 4.69) is 15.5 Å². The minimum Gasteiger partial charge on any atom is -0.451 e. The molecule has 3 aromatic rings. The van der Waals surface area contributed by atoms with E-state index in [1.807, 2.05) is 19.1 Å². The molecule has 2 aromatic carbocycles. The number of benzene rings is 2. The van der Waals surface area contributed by atoms with Crippen molar-refractivity contribution < 1.29 is 14.3 Å². The van der Waals surface area contributed by atoms with Crippen LogP contribution in [0.5, 0.6) is 0 Å². The number of aromatic nitrogens is 4. The molecule has 0 aliphatic heterocycles. The molecule has 0 fully saturated rings. The van der Waals surface area contributed by atoms with E-state index in [1.54, 1.807) is 43.3 Å². The van der Waals surface area contributed by atoms with E-state index in [9.17, 15) is 9.59 Å². The summed E-state index contributed by atoms with van der Waals surface area (Å²) in [4.78, 5) is 24.6. The first-order valence-corrected chi connectivity index (χ1v) is 7.70. The fourth-order valence-corrected chi connectivity index (χ4v) is 2.26. The lowest BCUT2D eigenvalue weighted by atomic mass is 10.1. The van der Waals surface area contributed by atoms with Crippen LogP contribution in [0.1, 0.15) is 33.2 Å². The number of aryl methyl sites for hydroxylation is 1. The lowest BCUT2D eigenvalue weighted by Crippen LogP contribution is -2.24. The first kappa shape index (κ1) is 16.5. The van der Waals surface area contributed by atoms with Crippen LogP contribution in [-0.2, 0) is 4.74 Å². The molecular weight excluding hydrogens is 320 g/mol. The number of tetrazole rings is 1. The first-order chi connectivity index (χ1) is 12.0. The van der Waals surface area contributed by atoms with Gasteiger partial charge in [-0.3, -0.25) is 4.79 Å². The summed E-state index contributed by atoms with van der Waals surface area (Å²) in [6.45, 7) is 3.51. The number of ketones is 1. The van der Waals surface area contributed by atoms with Gasteiger partial charge in [-0.1, -0.05) is 29.8 Å². The number of hydrogen-bond donors (Lipinski definition) is 0. The molecular formula is C18H16N4O3. The molecule has 1 aromatic heterocycles. The highest BCUT2D eigenvalue weighted by atomic mass is 16.5. The summed E-state index contributed by atoms with van der Waals surface area (Å²) in [6.07, 6.45) is 0.588. The second-order valence-electron chi connectivity index (χ2n) is 5.58. The summed E-state index contributed by atoms with van der Waals surface area (Å²) in [6, 6.07) is 13.7.